The van der Waals surface area contributed by atoms with Crippen molar-refractivity contribution in [3.63, 3.8) is 0 Å². The summed E-state index contributed by atoms with van der Waals surface area (Å²) in [7, 11) is 1.64. The molecule has 0 amide bonds. The zero-order chi connectivity index (χ0) is 18.2. The second-order valence-corrected chi connectivity index (χ2v) is 5.91. The van der Waals surface area contributed by atoms with Crippen molar-refractivity contribution >= 4 is 5.71 Å². The van der Waals surface area contributed by atoms with Crippen molar-refractivity contribution < 1.29 is 4.74 Å². The standard InChI is InChI=1S/C23H20N2O/c1-26-22-14-12-18(13-15-22)16-21(17-24)25-23(19-8-4-2-5-9-19)20-10-6-3-7-11-20/h2-15,21H,16H2,1H3. The molecule has 0 aliphatic heterocycles. The van der Waals surface area contributed by atoms with Gasteiger partial charge < -0.3 is 4.74 Å². The van der Waals surface area contributed by atoms with Crippen molar-refractivity contribution in [2.45, 2.75) is 12.5 Å². The Morgan fingerprint density at radius 2 is 1.42 bits per heavy atom. The minimum Gasteiger partial charge on any atom is -0.497 e. The lowest BCUT2D eigenvalue weighted by atomic mass is 10.0. The third kappa shape index (κ3) is 4.37. The normalized spacial score (nSPS) is 11.2. The number of hydrogen-bond acceptors (Lipinski definition) is 3. The minimum atomic E-state index is -0.459. The molecule has 1 unspecified atom stereocenters. The quantitative estimate of drug-likeness (QED) is 0.612. The summed E-state index contributed by atoms with van der Waals surface area (Å²) >= 11 is 0. The fraction of sp³-hybridized carbons (Fsp3) is 0.130. The van der Waals surface area contributed by atoms with Crippen molar-refractivity contribution in [1.82, 2.24) is 0 Å². The van der Waals surface area contributed by atoms with Crippen LogP contribution in [0.15, 0.2) is 89.9 Å². The van der Waals surface area contributed by atoms with Gasteiger partial charge in [-0.2, -0.15) is 5.26 Å². The molecule has 0 aliphatic carbocycles. The highest BCUT2D eigenvalue weighted by Crippen LogP contribution is 2.16. The second-order valence-electron chi connectivity index (χ2n) is 5.91. The van der Waals surface area contributed by atoms with E-state index in [1.54, 1.807) is 7.11 Å². The summed E-state index contributed by atoms with van der Waals surface area (Å²) in [6.07, 6.45) is 0.559. The van der Waals surface area contributed by atoms with Crippen LogP contribution in [0.5, 0.6) is 5.75 Å². The van der Waals surface area contributed by atoms with Crippen molar-refractivity contribution in [1.29, 1.82) is 5.26 Å². The maximum absolute atomic E-state index is 9.65. The predicted octanol–water partition coefficient (Wildman–Crippen LogP) is 4.67. The van der Waals surface area contributed by atoms with Crippen LogP contribution < -0.4 is 4.74 Å². The Morgan fingerprint density at radius 3 is 1.88 bits per heavy atom. The van der Waals surface area contributed by atoms with Crippen LogP contribution in [0.1, 0.15) is 16.7 Å². The predicted molar refractivity (Wildman–Crippen MR) is 105 cm³/mol. The molecule has 3 nitrogen and oxygen atoms in total. The van der Waals surface area contributed by atoms with Crippen molar-refractivity contribution in [3.8, 4) is 11.8 Å². The van der Waals surface area contributed by atoms with Gasteiger partial charge in [0, 0.05) is 17.5 Å². The molecule has 1 atom stereocenters. The number of hydrogen-bond donors (Lipinski definition) is 0. The van der Waals surface area contributed by atoms with Crippen LogP contribution in [0.25, 0.3) is 0 Å². The highest BCUT2D eigenvalue weighted by atomic mass is 16.5. The molecule has 3 aromatic rings. The molecule has 3 aromatic carbocycles. The van der Waals surface area contributed by atoms with Crippen molar-refractivity contribution in [2.24, 2.45) is 4.99 Å². The zero-order valence-corrected chi connectivity index (χ0v) is 14.7. The van der Waals surface area contributed by atoms with Crippen LogP contribution in [0.4, 0.5) is 0 Å². The van der Waals surface area contributed by atoms with Crippen LogP contribution >= 0.6 is 0 Å². The Kier molecular flexibility index (Phi) is 5.80. The minimum absolute atomic E-state index is 0.459. The van der Waals surface area contributed by atoms with Crippen LogP contribution in [-0.4, -0.2) is 18.9 Å². The number of nitrogens with zero attached hydrogens (tertiary/aromatic N) is 2. The molecular weight excluding hydrogens is 320 g/mol. The SMILES string of the molecule is COc1ccc(CC(C#N)N=C(c2ccccc2)c2ccccc2)cc1. The first-order valence-electron chi connectivity index (χ1n) is 8.51. The lowest BCUT2D eigenvalue weighted by Gasteiger charge is -2.11. The molecule has 0 saturated heterocycles. The van der Waals surface area contributed by atoms with Gasteiger partial charge in [0.1, 0.15) is 11.8 Å². The van der Waals surface area contributed by atoms with Gasteiger partial charge >= 0.3 is 0 Å². The molecule has 0 aliphatic rings. The van der Waals surface area contributed by atoms with Crippen molar-refractivity contribution in [3.05, 3.63) is 102 Å². The van der Waals surface area contributed by atoms with Gasteiger partial charge in [-0.15, -0.1) is 0 Å². The molecule has 0 radical (unpaired) electrons. The first kappa shape index (κ1) is 17.4. The number of benzene rings is 3. The van der Waals surface area contributed by atoms with Gasteiger partial charge in [-0.25, -0.2) is 0 Å². The Hall–Kier alpha value is -3.38. The highest BCUT2D eigenvalue weighted by Gasteiger charge is 2.12. The van der Waals surface area contributed by atoms with Gasteiger partial charge in [0.2, 0.25) is 0 Å². The Morgan fingerprint density at radius 1 is 0.885 bits per heavy atom. The summed E-state index contributed by atoms with van der Waals surface area (Å²) in [5.74, 6) is 0.806. The van der Waals surface area contributed by atoms with Crippen LogP contribution in [0.3, 0.4) is 0 Å². The topological polar surface area (TPSA) is 45.4 Å². The third-order valence-corrected chi connectivity index (χ3v) is 4.12. The lowest BCUT2D eigenvalue weighted by molar-refractivity contribution is 0.414. The number of rotatable bonds is 6. The summed E-state index contributed by atoms with van der Waals surface area (Å²) in [5.41, 5.74) is 3.91. The molecule has 0 fully saturated rings. The van der Waals surface area contributed by atoms with E-state index in [9.17, 15) is 5.26 Å². The summed E-state index contributed by atoms with van der Waals surface area (Å²) in [6, 6.07) is 29.6. The Labute approximate surface area is 154 Å². The van der Waals surface area contributed by atoms with E-state index in [1.807, 2.05) is 84.9 Å². The number of aliphatic imine (C=N–C) groups is 1. The molecular formula is C23H20N2O. The molecule has 0 N–H and O–H groups in total. The van der Waals surface area contributed by atoms with E-state index in [0.717, 1.165) is 28.2 Å². The molecule has 0 spiro atoms. The summed E-state index contributed by atoms with van der Waals surface area (Å²) in [5, 5.41) is 9.65. The Bertz CT molecular complexity index is 853. The first-order chi connectivity index (χ1) is 12.8. The average molecular weight is 340 g/mol. The maximum atomic E-state index is 9.65. The molecule has 0 bridgehead atoms. The summed E-state index contributed by atoms with van der Waals surface area (Å²) in [4.78, 5) is 4.80. The Balaban J connectivity index is 1.93. The fourth-order valence-electron chi connectivity index (χ4n) is 2.77. The number of nitriles is 1. The van der Waals surface area contributed by atoms with E-state index < -0.39 is 6.04 Å². The van der Waals surface area contributed by atoms with Gasteiger partial charge in [0.05, 0.1) is 18.9 Å². The number of ether oxygens (including phenoxy) is 1. The van der Waals surface area contributed by atoms with Gasteiger partial charge in [-0.3, -0.25) is 4.99 Å². The van der Waals surface area contributed by atoms with Gasteiger partial charge in [-0.05, 0) is 17.7 Å². The zero-order valence-electron chi connectivity index (χ0n) is 14.7. The molecule has 26 heavy (non-hydrogen) atoms. The molecule has 0 heterocycles. The molecule has 3 heteroatoms. The van der Waals surface area contributed by atoms with Gasteiger partial charge in [-0.1, -0.05) is 72.8 Å². The molecule has 128 valence electrons. The second kappa shape index (κ2) is 8.64. The van der Waals surface area contributed by atoms with Crippen LogP contribution in [0.2, 0.25) is 0 Å². The lowest BCUT2D eigenvalue weighted by Crippen LogP contribution is -2.12. The fourth-order valence-corrected chi connectivity index (χ4v) is 2.77. The third-order valence-electron chi connectivity index (χ3n) is 4.12. The monoisotopic (exact) mass is 340 g/mol. The summed E-state index contributed by atoms with van der Waals surface area (Å²) < 4.78 is 5.19. The van der Waals surface area contributed by atoms with Crippen LogP contribution in [-0.2, 0) is 6.42 Å². The van der Waals surface area contributed by atoms with Crippen molar-refractivity contribution in [2.75, 3.05) is 7.11 Å². The summed E-state index contributed by atoms with van der Waals surface area (Å²) in [6.45, 7) is 0. The first-order valence-corrected chi connectivity index (χ1v) is 8.51. The molecule has 3 rings (SSSR count). The van der Waals surface area contributed by atoms with E-state index in [1.165, 1.54) is 0 Å². The van der Waals surface area contributed by atoms with E-state index in [2.05, 4.69) is 6.07 Å². The van der Waals surface area contributed by atoms with Gasteiger partial charge in [0.25, 0.3) is 0 Å². The molecule has 0 aromatic heterocycles. The number of methoxy groups -OCH3 is 1. The highest BCUT2D eigenvalue weighted by molar-refractivity contribution is 6.13. The van der Waals surface area contributed by atoms with Gasteiger partial charge in [0.15, 0.2) is 0 Å². The largest absolute Gasteiger partial charge is 0.497 e. The van der Waals surface area contributed by atoms with E-state index in [-0.39, 0.29) is 0 Å². The van der Waals surface area contributed by atoms with E-state index in [4.69, 9.17) is 9.73 Å². The van der Waals surface area contributed by atoms with E-state index in [0.29, 0.717) is 6.42 Å². The molecule has 0 saturated carbocycles. The smallest absolute Gasteiger partial charge is 0.141 e. The average Bonchev–Trinajstić information content (AvgIpc) is 2.73. The maximum Gasteiger partial charge on any atom is 0.141 e. The van der Waals surface area contributed by atoms with Crippen LogP contribution in [0, 0.1) is 11.3 Å². The van der Waals surface area contributed by atoms with E-state index >= 15 is 0 Å².